The van der Waals surface area contributed by atoms with Gasteiger partial charge in [0.05, 0.1) is 5.69 Å². The molecule has 0 bridgehead atoms. The number of phenolic OH excluding ortho intramolecular Hbond substituents is 1. The van der Waals surface area contributed by atoms with Crippen LogP contribution in [0.25, 0.3) is 0 Å². The molecular formula is C13H17NO2S. The van der Waals surface area contributed by atoms with Crippen LogP contribution in [0.4, 0.5) is 5.69 Å². The van der Waals surface area contributed by atoms with Gasteiger partial charge in [-0.1, -0.05) is 12.1 Å². The van der Waals surface area contributed by atoms with Gasteiger partial charge in [0, 0.05) is 18.7 Å². The van der Waals surface area contributed by atoms with E-state index < -0.39 is 0 Å². The number of hydrogen-bond donors (Lipinski definition) is 1. The predicted octanol–water partition coefficient (Wildman–Crippen LogP) is 2.42. The van der Waals surface area contributed by atoms with Crippen molar-refractivity contribution in [1.82, 2.24) is 0 Å². The Morgan fingerprint density at radius 3 is 3.12 bits per heavy atom. The van der Waals surface area contributed by atoms with Gasteiger partial charge in [0.25, 0.3) is 0 Å². The third-order valence-electron chi connectivity index (χ3n) is 3.02. The molecule has 0 fully saturated rings. The fourth-order valence-electron chi connectivity index (χ4n) is 2.20. The van der Waals surface area contributed by atoms with Crippen LogP contribution in [0.3, 0.4) is 0 Å². The topological polar surface area (TPSA) is 40.5 Å². The van der Waals surface area contributed by atoms with Gasteiger partial charge in [-0.05, 0) is 30.7 Å². The van der Waals surface area contributed by atoms with Crippen LogP contribution < -0.4 is 4.90 Å². The number of fused-ring (bicyclic) bond motifs is 1. The maximum Gasteiger partial charge on any atom is 0.227 e. The number of benzene rings is 1. The van der Waals surface area contributed by atoms with E-state index in [-0.39, 0.29) is 11.7 Å². The Balaban J connectivity index is 2.25. The van der Waals surface area contributed by atoms with Crippen molar-refractivity contribution in [1.29, 1.82) is 0 Å². The van der Waals surface area contributed by atoms with Gasteiger partial charge in [0.15, 0.2) is 0 Å². The summed E-state index contributed by atoms with van der Waals surface area (Å²) in [6, 6.07) is 5.48. The lowest BCUT2D eigenvalue weighted by atomic mass is 10.0. The Labute approximate surface area is 106 Å². The second kappa shape index (κ2) is 5.45. The lowest BCUT2D eigenvalue weighted by Crippen LogP contribution is -2.35. The zero-order valence-corrected chi connectivity index (χ0v) is 10.8. The molecule has 3 nitrogen and oxygen atoms in total. The quantitative estimate of drug-likeness (QED) is 0.897. The normalized spacial score (nSPS) is 14.5. The molecule has 1 aromatic carbocycles. The maximum atomic E-state index is 12.1. The Hall–Kier alpha value is -1.16. The number of nitrogens with zero attached hydrogens (tertiary/aromatic N) is 1. The molecule has 0 atom stereocenters. The molecule has 0 saturated heterocycles. The summed E-state index contributed by atoms with van der Waals surface area (Å²) < 4.78 is 0. The highest BCUT2D eigenvalue weighted by Gasteiger charge is 2.24. The lowest BCUT2D eigenvalue weighted by molar-refractivity contribution is -0.118. The van der Waals surface area contributed by atoms with Gasteiger partial charge >= 0.3 is 0 Å². The van der Waals surface area contributed by atoms with Crippen LogP contribution in [0.5, 0.6) is 5.75 Å². The van der Waals surface area contributed by atoms with Crippen LogP contribution >= 0.6 is 11.8 Å². The maximum absolute atomic E-state index is 12.1. The van der Waals surface area contributed by atoms with Gasteiger partial charge in [0.1, 0.15) is 5.75 Å². The average Bonchev–Trinajstić information content (AvgIpc) is 2.35. The third kappa shape index (κ3) is 2.57. The van der Waals surface area contributed by atoms with Crippen molar-refractivity contribution in [2.45, 2.75) is 19.3 Å². The molecule has 0 saturated carbocycles. The average molecular weight is 251 g/mol. The molecule has 92 valence electrons. The standard InChI is InChI=1S/C13H17NO2S/c1-17-9-7-12(16)14-8-3-5-10-4-2-6-11(15)13(10)14/h2,4,6,15H,3,5,7-9H2,1H3. The minimum absolute atomic E-state index is 0.113. The Bertz CT molecular complexity index is 420. The largest absolute Gasteiger partial charge is 0.506 e. The highest BCUT2D eigenvalue weighted by Crippen LogP contribution is 2.35. The minimum Gasteiger partial charge on any atom is -0.506 e. The summed E-state index contributed by atoms with van der Waals surface area (Å²) in [7, 11) is 0. The number of carbonyl (C=O) groups is 1. The zero-order chi connectivity index (χ0) is 12.3. The molecular weight excluding hydrogens is 234 g/mol. The molecule has 1 heterocycles. The lowest BCUT2D eigenvalue weighted by Gasteiger charge is -2.30. The summed E-state index contributed by atoms with van der Waals surface area (Å²) in [4.78, 5) is 13.8. The first-order chi connectivity index (χ1) is 8.24. The van der Waals surface area contributed by atoms with E-state index in [1.807, 2.05) is 18.4 Å². The number of anilines is 1. The summed E-state index contributed by atoms with van der Waals surface area (Å²) in [5, 5.41) is 9.90. The van der Waals surface area contributed by atoms with Gasteiger partial charge in [-0.25, -0.2) is 0 Å². The van der Waals surface area contributed by atoms with Crippen molar-refractivity contribution in [3.8, 4) is 5.75 Å². The fourth-order valence-corrected chi connectivity index (χ4v) is 2.58. The Kier molecular flexibility index (Phi) is 3.94. The first kappa shape index (κ1) is 12.3. The van der Waals surface area contributed by atoms with Crippen LogP contribution in [0, 0.1) is 0 Å². The third-order valence-corrected chi connectivity index (χ3v) is 3.63. The summed E-state index contributed by atoms with van der Waals surface area (Å²) >= 11 is 1.67. The van der Waals surface area contributed by atoms with E-state index in [1.165, 1.54) is 0 Å². The smallest absolute Gasteiger partial charge is 0.227 e. The Morgan fingerprint density at radius 1 is 1.53 bits per heavy atom. The second-order valence-corrected chi connectivity index (χ2v) is 5.16. The molecule has 0 radical (unpaired) electrons. The summed E-state index contributed by atoms with van der Waals surface area (Å²) in [6.45, 7) is 0.720. The van der Waals surface area contributed by atoms with Crippen LogP contribution in [0.2, 0.25) is 0 Å². The SMILES string of the molecule is CSCCC(=O)N1CCCc2cccc(O)c21. The fraction of sp³-hybridized carbons (Fsp3) is 0.462. The van der Waals surface area contributed by atoms with Crippen LogP contribution in [-0.4, -0.2) is 29.6 Å². The molecule has 0 spiro atoms. The molecule has 1 aliphatic heterocycles. The van der Waals surface area contributed by atoms with Crippen molar-refractivity contribution in [2.75, 3.05) is 23.5 Å². The van der Waals surface area contributed by atoms with E-state index in [2.05, 4.69) is 0 Å². The number of aryl methyl sites for hydroxylation is 1. The molecule has 0 aliphatic carbocycles. The number of amides is 1. The molecule has 1 amide bonds. The summed E-state index contributed by atoms with van der Waals surface area (Å²) in [5.74, 6) is 1.17. The molecule has 0 aromatic heterocycles. The van der Waals surface area contributed by atoms with Gasteiger partial charge in [-0.3, -0.25) is 4.79 Å². The van der Waals surface area contributed by atoms with E-state index >= 15 is 0 Å². The number of carbonyl (C=O) groups excluding carboxylic acids is 1. The highest BCUT2D eigenvalue weighted by molar-refractivity contribution is 7.98. The van der Waals surface area contributed by atoms with E-state index in [1.54, 1.807) is 22.7 Å². The van der Waals surface area contributed by atoms with Gasteiger partial charge < -0.3 is 10.0 Å². The first-order valence-electron chi connectivity index (χ1n) is 5.84. The monoisotopic (exact) mass is 251 g/mol. The number of phenols is 1. The summed E-state index contributed by atoms with van der Waals surface area (Å²) in [5.41, 5.74) is 1.80. The van der Waals surface area contributed by atoms with E-state index in [9.17, 15) is 9.90 Å². The highest BCUT2D eigenvalue weighted by atomic mass is 32.2. The van der Waals surface area contributed by atoms with Crippen molar-refractivity contribution < 1.29 is 9.90 Å². The van der Waals surface area contributed by atoms with Crippen LogP contribution in [0.1, 0.15) is 18.4 Å². The molecule has 0 unspecified atom stereocenters. The van der Waals surface area contributed by atoms with E-state index in [0.717, 1.165) is 36.4 Å². The number of thioether (sulfide) groups is 1. The first-order valence-corrected chi connectivity index (χ1v) is 7.23. The van der Waals surface area contributed by atoms with E-state index in [4.69, 9.17) is 0 Å². The van der Waals surface area contributed by atoms with Gasteiger partial charge in [-0.2, -0.15) is 11.8 Å². The number of para-hydroxylation sites is 1. The number of rotatable bonds is 3. The summed E-state index contributed by atoms with van der Waals surface area (Å²) in [6.07, 6.45) is 4.45. The van der Waals surface area contributed by atoms with Crippen molar-refractivity contribution in [2.24, 2.45) is 0 Å². The van der Waals surface area contributed by atoms with Crippen molar-refractivity contribution in [3.63, 3.8) is 0 Å². The van der Waals surface area contributed by atoms with Crippen molar-refractivity contribution in [3.05, 3.63) is 23.8 Å². The van der Waals surface area contributed by atoms with Crippen molar-refractivity contribution >= 4 is 23.4 Å². The predicted molar refractivity (Wildman–Crippen MR) is 71.8 cm³/mol. The van der Waals surface area contributed by atoms with Gasteiger partial charge in [0.2, 0.25) is 5.91 Å². The molecule has 1 aliphatic rings. The van der Waals surface area contributed by atoms with E-state index in [0.29, 0.717) is 6.42 Å². The molecule has 4 heteroatoms. The zero-order valence-electron chi connectivity index (χ0n) is 9.98. The number of hydrogen-bond acceptors (Lipinski definition) is 3. The number of aromatic hydroxyl groups is 1. The molecule has 1 aromatic rings. The Morgan fingerprint density at radius 2 is 2.35 bits per heavy atom. The van der Waals surface area contributed by atoms with Crippen LogP contribution in [0.15, 0.2) is 18.2 Å². The molecule has 2 rings (SSSR count). The van der Waals surface area contributed by atoms with Gasteiger partial charge in [-0.15, -0.1) is 0 Å². The molecule has 17 heavy (non-hydrogen) atoms. The van der Waals surface area contributed by atoms with Crippen LogP contribution in [-0.2, 0) is 11.2 Å². The second-order valence-electron chi connectivity index (χ2n) is 4.18. The minimum atomic E-state index is 0.113. The molecule has 1 N–H and O–H groups in total.